The maximum absolute atomic E-state index is 12.8. The largest absolute Gasteiger partial charge is 0.481 e. The minimum atomic E-state index is -3.37. The number of benzene rings is 4. The molecule has 0 spiro atoms. The highest BCUT2D eigenvalue weighted by Crippen LogP contribution is 2.35. The molecular formula is C30H26ClNO6S. The van der Waals surface area contributed by atoms with Gasteiger partial charge in [0.1, 0.15) is 11.5 Å². The average molecular weight is 564 g/mol. The number of sulfone groups is 1. The number of hydrogen-bond acceptors (Lipinski definition) is 5. The van der Waals surface area contributed by atoms with Crippen molar-refractivity contribution in [2.24, 2.45) is 0 Å². The molecular weight excluding hydrogens is 538 g/mol. The predicted molar refractivity (Wildman–Crippen MR) is 150 cm³/mol. The first-order valence-corrected chi connectivity index (χ1v) is 14.3. The smallest absolute Gasteiger partial charge is 0.307 e. The lowest BCUT2D eigenvalue weighted by Crippen LogP contribution is -2.23. The molecule has 1 amide bonds. The number of rotatable bonds is 10. The molecule has 9 heteroatoms. The number of carboxylic acids is 1. The molecule has 7 nitrogen and oxygen atoms in total. The molecule has 0 radical (unpaired) electrons. The lowest BCUT2D eigenvalue weighted by Gasteiger charge is -2.15. The summed E-state index contributed by atoms with van der Waals surface area (Å²) in [4.78, 5) is 24.2. The van der Waals surface area contributed by atoms with E-state index >= 15 is 0 Å². The zero-order valence-corrected chi connectivity index (χ0v) is 22.7. The van der Waals surface area contributed by atoms with E-state index in [1.54, 1.807) is 54.6 Å². The maximum Gasteiger partial charge on any atom is 0.307 e. The van der Waals surface area contributed by atoms with Crippen LogP contribution in [0.25, 0.3) is 11.1 Å². The number of amides is 1. The fourth-order valence-electron chi connectivity index (χ4n) is 3.96. The Kier molecular flexibility index (Phi) is 8.69. The quantitative estimate of drug-likeness (QED) is 0.237. The van der Waals surface area contributed by atoms with Crippen molar-refractivity contribution in [2.75, 3.05) is 12.8 Å². The van der Waals surface area contributed by atoms with Gasteiger partial charge >= 0.3 is 5.97 Å². The topological polar surface area (TPSA) is 101 Å². The van der Waals surface area contributed by atoms with Gasteiger partial charge in [-0.1, -0.05) is 48.5 Å². The molecule has 0 aliphatic carbocycles. The van der Waals surface area contributed by atoms with Crippen LogP contribution >= 0.6 is 11.8 Å². The summed E-state index contributed by atoms with van der Waals surface area (Å²) < 4.78 is 31.0. The van der Waals surface area contributed by atoms with Crippen molar-refractivity contribution >= 4 is 33.5 Å². The highest BCUT2D eigenvalue weighted by atomic mass is 35.5. The van der Waals surface area contributed by atoms with Crippen LogP contribution in [0.4, 0.5) is 0 Å². The van der Waals surface area contributed by atoms with Crippen molar-refractivity contribution in [1.82, 2.24) is 4.42 Å². The number of carbonyl (C=O) groups is 2. The summed E-state index contributed by atoms with van der Waals surface area (Å²) >= 11 is 6.24. The number of aliphatic carboxylic acids is 1. The standard InChI is InChI=1S/C30H26ClNO6S/c1-39(36,37)26-14-10-23(11-15-26)27-19-22(20-29(33)34)7-16-28(27)38-25-12-8-24(9-13-25)30(35)32(31)18-17-21-5-3-2-4-6-21/h2-16,19H,17-18,20H2,1H3,(H,33,34). The molecule has 0 atom stereocenters. The Hall–Kier alpha value is -4.14. The van der Waals surface area contributed by atoms with Gasteiger partial charge in [0.2, 0.25) is 0 Å². The summed E-state index contributed by atoms with van der Waals surface area (Å²) in [6, 6.07) is 27.6. The van der Waals surface area contributed by atoms with Gasteiger partial charge in [-0.3, -0.25) is 14.0 Å². The van der Waals surface area contributed by atoms with Gasteiger partial charge in [-0.2, -0.15) is 0 Å². The van der Waals surface area contributed by atoms with E-state index in [0.717, 1.165) is 16.2 Å². The number of nitrogens with zero attached hydrogens (tertiary/aromatic N) is 1. The molecule has 0 saturated heterocycles. The second kappa shape index (κ2) is 12.1. The summed E-state index contributed by atoms with van der Waals surface area (Å²) in [5, 5.41) is 9.22. The van der Waals surface area contributed by atoms with Gasteiger partial charge in [0.05, 0.1) is 11.3 Å². The molecule has 0 unspecified atom stereocenters. The highest BCUT2D eigenvalue weighted by molar-refractivity contribution is 7.90. The molecule has 0 heterocycles. The molecule has 0 aromatic heterocycles. The lowest BCUT2D eigenvalue weighted by atomic mass is 10.0. The summed E-state index contributed by atoms with van der Waals surface area (Å²) in [7, 11) is -3.37. The van der Waals surface area contributed by atoms with Gasteiger partial charge in [0.15, 0.2) is 9.84 Å². The first-order valence-electron chi connectivity index (χ1n) is 12.0. The molecule has 4 aromatic carbocycles. The van der Waals surface area contributed by atoms with E-state index in [1.165, 1.54) is 12.1 Å². The molecule has 39 heavy (non-hydrogen) atoms. The minimum absolute atomic E-state index is 0.174. The maximum atomic E-state index is 12.8. The molecule has 0 bridgehead atoms. The Morgan fingerprint density at radius 2 is 1.54 bits per heavy atom. The number of hydrogen-bond donors (Lipinski definition) is 1. The summed E-state index contributed by atoms with van der Waals surface area (Å²) in [5.41, 5.74) is 3.31. The first kappa shape index (κ1) is 27.9. The van der Waals surface area contributed by atoms with Gasteiger partial charge in [-0.25, -0.2) is 8.42 Å². The summed E-state index contributed by atoms with van der Waals surface area (Å²) in [6.45, 7) is 0.354. The van der Waals surface area contributed by atoms with E-state index in [4.69, 9.17) is 16.5 Å². The SMILES string of the molecule is CS(=O)(=O)c1ccc(-c2cc(CC(=O)O)ccc2Oc2ccc(C(=O)N(Cl)CCc3ccccc3)cc2)cc1. The molecule has 0 aliphatic heterocycles. The van der Waals surface area contributed by atoms with E-state index in [-0.39, 0.29) is 17.2 Å². The molecule has 0 saturated carbocycles. The zero-order valence-electron chi connectivity index (χ0n) is 21.1. The van der Waals surface area contributed by atoms with Crippen molar-refractivity contribution < 1.29 is 27.9 Å². The van der Waals surface area contributed by atoms with E-state index in [2.05, 4.69) is 0 Å². The van der Waals surface area contributed by atoms with Crippen molar-refractivity contribution in [3.63, 3.8) is 0 Å². The van der Waals surface area contributed by atoms with Gasteiger partial charge in [-0.05, 0) is 71.6 Å². The third-order valence-corrected chi connectivity index (χ3v) is 7.43. The Morgan fingerprint density at radius 3 is 2.15 bits per heavy atom. The average Bonchev–Trinajstić information content (AvgIpc) is 2.92. The Bertz CT molecular complexity index is 1570. The van der Waals surface area contributed by atoms with Crippen LogP contribution in [0, 0.1) is 0 Å². The van der Waals surface area contributed by atoms with E-state index in [1.807, 2.05) is 30.3 Å². The van der Waals surface area contributed by atoms with Crippen molar-refractivity contribution in [3.05, 3.63) is 114 Å². The van der Waals surface area contributed by atoms with Crippen LogP contribution in [-0.4, -0.2) is 42.6 Å². The number of halogens is 1. The second-order valence-electron chi connectivity index (χ2n) is 8.95. The van der Waals surface area contributed by atoms with Crippen LogP contribution in [0.15, 0.2) is 102 Å². The fraction of sp³-hybridized carbons (Fsp3) is 0.133. The number of ether oxygens (including phenoxy) is 1. The van der Waals surface area contributed by atoms with E-state index in [9.17, 15) is 23.1 Å². The van der Waals surface area contributed by atoms with Gasteiger partial charge in [-0.15, -0.1) is 0 Å². The van der Waals surface area contributed by atoms with Crippen LogP contribution in [0.3, 0.4) is 0 Å². The van der Waals surface area contributed by atoms with Crippen LogP contribution in [0.5, 0.6) is 11.5 Å². The molecule has 4 rings (SSSR count). The van der Waals surface area contributed by atoms with Gasteiger partial charge in [0.25, 0.3) is 5.91 Å². The molecule has 0 aliphatic rings. The number of carboxylic acid groups (broad SMARTS) is 1. The first-order chi connectivity index (χ1) is 18.6. The van der Waals surface area contributed by atoms with Crippen LogP contribution in [0.1, 0.15) is 21.5 Å². The highest BCUT2D eigenvalue weighted by Gasteiger charge is 2.16. The van der Waals surface area contributed by atoms with Crippen LogP contribution in [-0.2, 0) is 27.5 Å². The molecule has 200 valence electrons. The number of carbonyl (C=O) groups excluding carboxylic acids is 1. The van der Waals surface area contributed by atoms with Crippen molar-refractivity contribution in [3.8, 4) is 22.6 Å². The Labute approximate surface area is 232 Å². The van der Waals surface area contributed by atoms with Crippen LogP contribution < -0.4 is 4.74 Å². The minimum Gasteiger partial charge on any atom is -0.481 e. The molecule has 0 fully saturated rings. The Balaban J connectivity index is 1.53. The zero-order chi connectivity index (χ0) is 28.0. The molecule has 4 aromatic rings. The third kappa shape index (κ3) is 7.46. The normalized spacial score (nSPS) is 11.1. The monoisotopic (exact) mass is 563 g/mol. The second-order valence-corrected chi connectivity index (χ2v) is 11.4. The molecule has 1 N–H and O–H groups in total. The van der Waals surface area contributed by atoms with Gasteiger partial charge in [0, 0.05) is 35.7 Å². The van der Waals surface area contributed by atoms with E-state index < -0.39 is 15.8 Å². The fourth-order valence-corrected chi connectivity index (χ4v) is 4.78. The van der Waals surface area contributed by atoms with E-state index in [0.29, 0.717) is 46.7 Å². The van der Waals surface area contributed by atoms with Crippen molar-refractivity contribution in [1.29, 1.82) is 0 Å². The summed E-state index contributed by atoms with van der Waals surface area (Å²) in [6.07, 6.45) is 1.58. The third-order valence-electron chi connectivity index (χ3n) is 5.98. The predicted octanol–water partition coefficient (Wildman–Crippen LogP) is 6.02. The van der Waals surface area contributed by atoms with Gasteiger partial charge < -0.3 is 9.84 Å². The van der Waals surface area contributed by atoms with Crippen molar-refractivity contribution in [2.45, 2.75) is 17.7 Å². The lowest BCUT2D eigenvalue weighted by molar-refractivity contribution is -0.136. The Morgan fingerprint density at radius 1 is 0.872 bits per heavy atom. The van der Waals surface area contributed by atoms with Crippen LogP contribution in [0.2, 0.25) is 0 Å². The summed E-state index contributed by atoms with van der Waals surface area (Å²) in [5.74, 6) is -0.405.